The number of imide groups is 1. The molecule has 3 aliphatic heterocycles. The van der Waals surface area contributed by atoms with Gasteiger partial charge in [0.2, 0.25) is 11.8 Å². The van der Waals surface area contributed by atoms with Crippen molar-refractivity contribution in [3.05, 3.63) is 83.6 Å². The zero-order valence-electron chi connectivity index (χ0n) is 34.6. The highest BCUT2D eigenvalue weighted by atomic mass is 19.1. The third-order valence-corrected chi connectivity index (χ3v) is 13.2. The first-order valence-electron chi connectivity index (χ1n) is 21.5. The molecule has 4 N–H and O–H groups in total. The van der Waals surface area contributed by atoms with Crippen molar-refractivity contribution in [1.82, 2.24) is 34.5 Å². The number of anilines is 3. The second kappa shape index (κ2) is 16.5. The lowest BCUT2D eigenvalue weighted by atomic mass is 9.89. The van der Waals surface area contributed by atoms with Crippen LogP contribution in [0.5, 0.6) is 0 Å². The maximum absolute atomic E-state index is 15.3. The van der Waals surface area contributed by atoms with Crippen LogP contribution in [0.3, 0.4) is 0 Å². The minimum Gasteiger partial charge on any atom is -0.386 e. The Balaban J connectivity index is 0.764. The van der Waals surface area contributed by atoms with Gasteiger partial charge < -0.3 is 20.6 Å². The van der Waals surface area contributed by atoms with E-state index < -0.39 is 11.6 Å². The van der Waals surface area contributed by atoms with E-state index in [2.05, 4.69) is 52.7 Å². The third kappa shape index (κ3) is 8.42. The molecule has 1 unspecified atom stereocenters. The number of fused-ring (bicyclic) bond motifs is 2. The number of carbonyl (C=O) groups excluding carboxylic acids is 3. The Hall–Kier alpha value is -5.89. The minimum atomic E-state index is -1.24. The molecular formula is C45H52FN11O4. The van der Waals surface area contributed by atoms with Gasteiger partial charge in [0, 0.05) is 86.3 Å². The topological polar surface area (TPSA) is 176 Å². The van der Waals surface area contributed by atoms with Crippen LogP contribution >= 0.6 is 0 Å². The predicted octanol–water partition coefficient (Wildman–Crippen LogP) is 5.16. The molecule has 6 heterocycles. The number of benzene rings is 2. The van der Waals surface area contributed by atoms with Gasteiger partial charge in [-0.1, -0.05) is 0 Å². The van der Waals surface area contributed by atoms with Crippen molar-refractivity contribution in [3.63, 3.8) is 0 Å². The number of carbonyl (C=O) groups is 3. The van der Waals surface area contributed by atoms with Crippen LogP contribution in [0.15, 0.2) is 60.9 Å². The number of nitriles is 1. The van der Waals surface area contributed by atoms with E-state index in [0.29, 0.717) is 57.9 Å². The van der Waals surface area contributed by atoms with Gasteiger partial charge in [-0.3, -0.25) is 34.2 Å². The average Bonchev–Trinajstić information content (AvgIpc) is 3.88. The van der Waals surface area contributed by atoms with E-state index in [0.717, 1.165) is 88.7 Å². The van der Waals surface area contributed by atoms with Crippen molar-refractivity contribution in [3.8, 4) is 6.07 Å². The number of nitrogens with zero attached hydrogens (tertiary/aromatic N) is 8. The van der Waals surface area contributed by atoms with Gasteiger partial charge in [-0.25, -0.2) is 8.91 Å². The quantitative estimate of drug-likeness (QED) is 0.145. The largest absolute Gasteiger partial charge is 0.386 e. The monoisotopic (exact) mass is 829 g/mol. The average molecular weight is 830 g/mol. The van der Waals surface area contributed by atoms with E-state index in [1.807, 2.05) is 18.2 Å². The van der Waals surface area contributed by atoms with Gasteiger partial charge in [-0.15, -0.1) is 0 Å². The number of piperidine rings is 2. The summed E-state index contributed by atoms with van der Waals surface area (Å²) in [6.45, 7) is 9.12. The Labute approximate surface area is 353 Å². The predicted molar refractivity (Wildman–Crippen MR) is 229 cm³/mol. The number of piperazine rings is 1. The summed E-state index contributed by atoms with van der Waals surface area (Å²) in [7, 11) is 0. The molecule has 61 heavy (non-hydrogen) atoms. The molecule has 4 aliphatic rings. The highest BCUT2D eigenvalue weighted by molar-refractivity contribution is 6.05. The Bertz CT molecular complexity index is 2510. The molecule has 318 valence electrons. The second-order valence-electron chi connectivity index (χ2n) is 17.6. The van der Waals surface area contributed by atoms with Crippen LogP contribution in [-0.4, -0.2) is 109 Å². The fourth-order valence-corrected chi connectivity index (χ4v) is 9.82. The van der Waals surface area contributed by atoms with Crippen molar-refractivity contribution in [2.24, 2.45) is 0 Å². The smallest absolute Gasteiger partial charge is 0.274 e. The molecule has 1 atom stereocenters. The first-order chi connectivity index (χ1) is 29.4. The first kappa shape index (κ1) is 40.5. The van der Waals surface area contributed by atoms with Gasteiger partial charge in [0.25, 0.3) is 5.91 Å². The molecule has 3 amide bonds. The van der Waals surface area contributed by atoms with Crippen molar-refractivity contribution in [2.75, 3.05) is 54.8 Å². The summed E-state index contributed by atoms with van der Waals surface area (Å²) in [5, 5.41) is 38.9. The van der Waals surface area contributed by atoms with Crippen LogP contribution in [0, 0.1) is 17.1 Å². The van der Waals surface area contributed by atoms with E-state index in [-0.39, 0.29) is 36.0 Å². The Morgan fingerprint density at radius 3 is 2.28 bits per heavy atom. The third-order valence-electron chi connectivity index (χ3n) is 13.2. The SMILES string of the molecule is CC(C)(O)c1cc2nn(C3CCC(N4CCN(C5CCN(c6ccc(NC7CCC(=O)NC7=O)cc6F)CC5)CC4)CC3)cc2cc1NC(=O)c1ccc2cc(C#N)cnn12. The van der Waals surface area contributed by atoms with Crippen molar-refractivity contribution in [1.29, 1.82) is 5.26 Å². The first-order valence-corrected chi connectivity index (χ1v) is 21.5. The molecule has 1 saturated carbocycles. The van der Waals surface area contributed by atoms with Crippen LogP contribution in [0.2, 0.25) is 0 Å². The van der Waals surface area contributed by atoms with Gasteiger partial charge in [0.05, 0.1) is 40.1 Å². The van der Waals surface area contributed by atoms with Gasteiger partial charge in [0.1, 0.15) is 23.6 Å². The van der Waals surface area contributed by atoms with E-state index >= 15 is 4.39 Å². The van der Waals surface area contributed by atoms with Crippen LogP contribution in [0.25, 0.3) is 16.4 Å². The number of halogens is 1. The van der Waals surface area contributed by atoms with Crippen molar-refractivity contribution < 1.29 is 23.9 Å². The maximum Gasteiger partial charge on any atom is 0.274 e. The lowest BCUT2D eigenvalue weighted by Crippen LogP contribution is -2.55. The number of amides is 3. The molecule has 15 nitrogen and oxygen atoms in total. The summed E-state index contributed by atoms with van der Waals surface area (Å²) in [5.74, 6) is -1.34. The van der Waals surface area contributed by atoms with Gasteiger partial charge in [-0.05, 0) is 107 Å². The molecule has 0 spiro atoms. The fourth-order valence-electron chi connectivity index (χ4n) is 9.82. The summed E-state index contributed by atoms with van der Waals surface area (Å²) < 4.78 is 18.9. The van der Waals surface area contributed by atoms with Crippen LogP contribution < -0.4 is 20.9 Å². The molecule has 9 rings (SSSR count). The zero-order valence-corrected chi connectivity index (χ0v) is 34.6. The summed E-state index contributed by atoms with van der Waals surface area (Å²) in [6.07, 6.45) is 10.3. The molecule has 0 bridgehead atoms. The number of nitrogens with one attached hydrogen (secondary N) is 3. The van der Waals surface area contributed by atoms with Crippen LogP contribution in [0.4, 0.5) is 21.5 Å². The standard InChI is InChI=1S/C45H52FN11O4/c1-45(2,61)35-24-38-29(22-39(35)50-44(60)41-11-8-34-21-28(25-47)26-48-57(34)41)27-56(52-38)33-6-4-31(5-7-33)53-17-19-54(20-18-53)32-13-15-55(16-14-32)40-10-3-30(23-36(40)46)49-37-9-12-42(58)51-43(37)59/h3,8,10-11,21-24,26-27,31-33,37,49,61H,4-7,9,12-20H2,1-2H3,(H,50,60)(H,51,58,59). The molecule has 3 saturated heterocycles. The highest BCUT2D eigenvalue weighted by Crippen LogP contribution is 2.36. The summed E-state index contributed by atoms with van der Waals surface area (Å²) in [6, 6.07) is 16.7. The van der Waals surface area contributed by atoms with Gasteiger partial charge >= 0.3 is 0 Å². The lowest BCUT2D eigenvalue weighted by molar-refractivity contribution is -0.133. The molecule has 16 heteroatoms. The van der Waals surface area contributed by atoms with Crippen molar-refractivity contribution in [2.45, 2.75) is 95.0 Å². The number of aromatic nitrogens is 4. The van der Waals surface area contributed by atoms with Crippen LogP contribution in [-0.2, 0) is 15.2 Å². The van der Waals surface area contributed by atoms with E-state index in [4.69, 9.17) is 5.10 Å². The maximum atomic E-state index is 15.3. The lowest BCUT2D eigenvalue weighted by Gasteiger charge is -2.46. The van der Waals surface area contributed by atoms with E-state index in [9.17, 15) is 24.8 Å². The minimum absolute atomic E-state index is 0.262. The molecular weight excluding hydrogens is 778 g/mol. The number of hydrogen-bond donors (Lipinski definition) is 4. The fraction of sp³-hybridized carbons (Fsp3) is 0.467. The Morgan fingerprint density at radius 1 is 0.902 bits per heavy atom. The summed E-state index contributed by atoms with van der Waals surface area (Å²) in [5.41, 5.74) is 3.07. The Morgan fingerprint density at radius 2 is 1.61 bits per heavy atom. The number of hydrogen-bond acceptors (Lipinski definition) is 11. The Kier molecular flexibility index (Phi) is 11.0. The van der Waals surface area contributed by atoms with Crippen LogP contribution in [0.1, 0.15) is 92.9 Å². The normalized spacial score (nSPS) is 22.3. The second-order valence-corrected chi connectivity index (χ2v) is 17.6. The van der Waals surface area contributed by atoms with Gasteiger partial charge in [0.15, 0.2) is 0 Å². The highest BCUT2D eigenvalue weighted by Gasteiger charge is 2.34. The van der Waals surface area contributed by atoms with E-state index in [1.54, 1.807) is 38.1 Å². The summed E-state index contributed by atoms with van der Waals surface area (Å²) in [4.78, 5) is 44.6. The molecule has 3 aromatic heterocycles. The molecule has 2 aromatic carbocycles. The van der Waals surface area contributed by atoms with Gasteiger partial charge in [-0.2, -0.15) is 15.5 Å². The number of rotatable bonds is 9. The summed E-state index contributed by atoms with van der Waals surface area (Å²) >= 11 is 0. The van der Waals surface area contributed by atoms with Crippen molar-refractivity contribution >= 4 is 51.2 Å². The molecule has 1 aliphatic carbocycles. The molecule has 5 aromatic rings. The molecule has 4 fully saturated rings. The zero-order chi connectivity index (χ0) is 42.4. The molecule has 0 radical (unpaired) electrons. The number of aliphatic hydroxyl groups is 1. The van der Waals surface area contributed by atoms with E-state index in [1.165, 1.54) is 16.8 Å².